The van der Waals surface area contributed by atoms with Gasteiger partial charge >= 0.3 is 0 Å². The fraction of sp³-hybridized carbons (Fsp3) is 0.0741. The lowest BCUT2D eigenvalue weighted by Gasteiger charge is -2.22. The van der Waals surface area contributed by atoms with E-state index in [0.29, 0.717) is 27.8 Å². The summed E-state index contributed by atoms with van der Waals surface area (Å²) in [5.74, 6) is 0.565. The van der Waals surface area contributed by atoms with Crippen molar-refractivity contribution in [2.24, 2.45) is 0 Å². The van der Waals surface area contributed by atoms with Gasteiger partial charge in [-0.3, -0.25) is 4.79 Å². The molecule has 0 radical (unpaired) electrons. The molecule has 8 heteroatoms. The fourth-order valence-corrected chi connectivity index (χ4v) is 4.92. The summed E-state index contributed by atoms with van der Waals surface area (Å²) in [5.41, 5.74) is 1.14. The molecule has 0 unspecified atom stereocenters. The molecule has 0 spiro atoms. The van der Waals surface area contributed by atoms with Crippen molar-refractivity contribution >= 4 is 33.2 Å². The molecule has 0 aliphatic carbocycles. The summed E-state index contributed by atoms with van der Waals surface area (Å²) in [5, 5.41) is 3.33. The first-order valence-corrected chi connectivity index (χ1v) is 12.6. The predicted molar refractivity (Wildman–Crippen MR) is 137 cm³/mol. The molecule has 0 heterocycles. The van der Waals surface area contributed by atoms with E-state index in [0.717, 1.165) is 4.31 Å². The second kappa shape index (κ2) is 11.2. The van der Waals surface area contributed by atoms with Crippen LogP contribution in [0.2, 0.25) is 5.02 Å². The molecule has 4 aromatic carbocycles. The number of amides is 1. The van der Waals surface area contributed by atoms with Crippen LogP contribution in [0.5, 0.6) is 11.5 Å². The van der Waals surface area contributed by atoms with E-state index in [-0.39, 0.29) is 18.0 Å². The average Bonchev–Trinajstić information content (AvgIpc) is 2.87. The second-order valence-corrected chi connectivity index (χ2v) is 10.0. The van der Waals surface area contributed by atoms with Crippen molar-refractivity contribution in [2.75, 3.05) is 11.9 Å². The van der Waals surface area contributed by atoms with Crippen LogP contribution in [0.25, 0.3) is 0 Å². The van der Waals surface area contributed by atoms with Crippen LogP contribution in [-0.2, 0) is 21.4 Å². The molecule has 1 amide bonds. The van der Waals surface area contributed by atoms with Crippen molar-refractivity contribution in [1.29, 1.82) is 0 Å². The van der Waals surface area contributed by atoms with Gasteiger partial charge in [0.2, 0.25) is 15.9 Å². The first-order chi connectivity index (χ1) is 16.9. The first-order valence-electron chi connectivity index (χ1n) is 10.8. The molecule has 35 heavy (non-hydrogen) atoms. The van der Waals surface area contributed by atoms with Gasteiger partial charge in [-0.05, 0) is 54.1 Å². The molecule has 0 atom stereocenters. The molecule has 0 fully saturated rings. The molecule has 0 aliphatic heterocycles. The monoisotopic (exact) mass is 506 g/mol. The van der Waals surface area contributed by atoms with Crippen LogP contribution in [0.3, 0.4) is 0 Å². The van der Waals surface area contributed by atoms with Crippen molar-refractivity contribution in [2.45, 2.75) is 11.4 Å². The smallest absolute Gasteiger partial charge is 0.243 e. The van der Waals surface area contributed by atoms with Crippen LogP contribution in [-0.4, -0.2) is 25.2 Å². The highest BCUT2D eigenvalue weighted by atomic mass is 35.5. The summed E-state index contributed by atoms with van der Waals surface area (Å²) in [4.78, 5) is 13.2. The minimum Gasteiger partial charge on any atom is -0.455 e. The SMILES string of the molecule is O=C(CN(Cc1ccc(Cl)cc1)S(=O)(=O)c1ccccc1)Nc1ccccc1Oc1ccccc1. The number of ether oxygens (including phenoxy) is 1. The maximum Gasteiger partial charge on any atom is 0.243 e. The summed E-state index contributed by atoms with van der Waals surface area (Å²) in [6.45, 7) is -0.385. The molecule has 0 aliphatic rings. The number of benzene rings is 4. The van der Waals surface area contributed by atoms with Crippen molar-refractivity contribution < 1.29 is 17.9 Å². The van der Waals surface area contributed by atoms with E-state index in [1.165, 1.54) is 12.1 Å². The van der Waals surface area contributed by atoms with Crippen molar-refractivity contribution in [3.63, 3.8) is 0 Å². The number of carbonyl (C=O) groups is 1. The van der Waals surface area contributed by atoms with Gasteiger partial charge in [0, 0.05) is 11.6 Å². The van der Waals surface area contributed by atoms with Crippen LogP contribution in [0.4, 0.5) is 5.69 Å². The quantitative estimate of drug-likeness (QED) is 0.304. The Balaban J connectivity index is 1.56. The molecule has 0 bridgehead atoms. The molecule has 6 nitrogen and oxygen atoms in total. The Labute approximate surface area is 209 Å². The number of sulfonamides is 1. The Morgan fingerprint density at radius 1 is 0.800 bits per heavy atom. The van der Waals surface area contributed by atoms with E-state index in [9.17, 15) is 13.2 Å². The normalized spacial score (nSPS) is 11.3. The summed E-state index contributed by atoms with van der Waals surface area (Å²) < 4.78 is 33.8. The molecule has 0 saturated heterocycles. The van der Waals surface area contributed by atoms with Gasteiger partial charge in [0.05, 0.1) is 17.1 Å². The van der Waals surface area contributed by atoms with E-state index < -0.39 is 15.9 Å². The van der Waals surface area contributed by atoms with E-state index in [1.54, 1.807) is 78.9 Å². The van der Waals surface area contributed by atoms with Crippen LogP contribution < -0.4 is 10.1 Å². The summed E-state index contributed by atoms with van der Waals surface area (Å²) in [7, 11) is -3.95. The highest BCUT2D eigenvalue weighted by Gasteiger charge is 2.27. The zero-order chi connectivity index (χ0) is 24.7. The predicted octanol–water partition coefficient (Wildman–Crippen LogP) is 5.96. The van der Waals surface area contributed by atoms with E-state index >= 15 is 0 Å². The van der Waals surface area contributed by atoms with Crippen molar-refractivity contribution in [3.05, 3.63) is 120 Å². The van der Waals surface area contributed by atoms with Crippen molar-refractivity contribution in [1.82, 2.24) is 4.31 Å². The Kier molecular flexibility index (Phi) is 7.82. The van der Waals surface area contributed by atoms with Gasteiger partial charge in [-0.15, -0.1) is 0 Å². The molecular formula is C27H23ClN2O4S. The number of nitrogens with zero attached hydrogens (tertiary/aromatic N) is 1. The first kappa shape index (κ1) is 24.5. The van der Waals surface area contributed by atoms with Gasteiger partial charge in [-0.2, -0.15) is 4.31 Å². The molecule has 178 valence electrons. The molecular weight excluding hydrogens is 484 g/mol. The number of nitrogens with one attached hydrogen (secondary N) is 1. The van der Waals surface area contributed by atoms with Gasteiger partial charge in [0.25, 0.3) is 0 Å². The summed E-state index contributed by atoms with van der Waals surface area (Å²) in [6.07, 6.45) is 0. The lowest BCUT2D eigenvalue weighted by molar-refractivity contribution is -0.116. The van der Waals surface area contributed by atoms with E-state index in [4.69, 9.17) is 16.3 Å². The van der Waals surface area contributed by atoms with Gasteiger partial charge in [0.1, 0.15) is 5.75 Å². The Morgan fingerprint density at radius 2 is 1.40 bits per heavy atom. The molecule has 4 rings (SSSR count). The number of rotatable bonds is 9. The number of hydrogen-bond acceptors (Lipinski definition) is 4. The second-order valence-electron chi connectivity index (χ2n) is 7.67. The lowest BCUT2D eigenvalue weighted by atomic mass is 10.2. The molecule has 0 saturated carbocycles. The largest absolute Gasteiger partial charge is 0.455 e. The number of halogens is 1. The highest BCUT2D eigenvalue weighted by Crippen LogP contribution is 2.29. The zero-order valence-corrected chi connectivity index (χ0v) is 20.2. The highest BCUT2D eigenvalue weighted by molar-refractivity contribution is 7.89. The average molecular weight is 507 g/mol. The third-order valence-electron chi connectivity index (χ3n) is 5.11. The van der Waals surface area contributed by atoms with Gasteiger partial charge < -0.3 is 10.1 Å². The molecule has 4 aromatic rings. The Hall–Kier alpha value is -3.65. The molecule has 0 aromatic heterocycles. The minimum absolute atomic E-state index is 0.00395. The van der Waals surface area contributed by atoms with E-state index in [1.807, 2.05) is 18.2 Å². The lowest BCUT2D eigenvalue weighted by Crippen LogP contribution is -2.37. The topological polar surface area (TPSA) is 75.7 Å². The van der Waals surface area contributed by atoms with Crippen LogP contribution in [0, 0.1) is 0 Å². The summed E-state index contributed by atoms with van der Waals surface area (Å²) >= 11 is 5.97. The van der Waals surface area contributed by atoms with Crippen molar-refractivity contribution in [3.8, 4) is 11.5 Å². The number of anilines is 1. The number of para-hydroxylation sites is 3. The third kappa shape index (κ3) is 6.48. The maximum atomic E-state index is 13.4. The zero-order valence-electron chi connectivity index (χ0n) is 18.7. The Morgan fingerprint density at radius 3 is 2.09 bits per heavy atom. The number of carbonyl (C=O) groups excluding carboxylic acids is 1. The van der Waals surface area contributed by atoms with Gasteiger partial charge in [-0.25, -0.2) is 8.42 Å². The third-order valence-corrected chi connectivity index (χ3v) is 7.16. The maximum absolute atomic E-state index is 13.4. The van der Waals surface area contributed by atoms with E-state index in [2.05, 4.69) is 5.32 Å². The Bertz CT molecular complexity index is 1380. The molecule has 1 N–H and O–H groups in total. The van der Waals surface area contributed by atoms with Crippen LogP contribution >= 0.6 is 11.6 Å². The van der Waals surface area contributed by atoms with Gasteiger partial charge in [0.15, 0.2) is 5.75 Å². The standard InChI is InChI=1S/C27H23ClN2O4S/c28-22-17-15-21(16-18-22)19-30(35(32,33)24-11-5-2-6-12-24)20-27(31)29-25-13-7-8-14-26(25)34-23-9-3-1-4-10-23/h1-18H,19-20H2,(H,29,31). The van der Waals surface area contributed by atoms with Crippen LogP contribution in [0.15, 0.2) is 114 Å². The van der Waals surface area contributed by atoms with Crippen LogP contribution in [0.1, 0.15) is 5.56 Å². The van der Waals surface area contributed by atoms with Gasteiger partial charge in [-0.1, -0.05) is 72.3 Å². The summed E-state index contributed by atoms with van der Waals surface area (Å²) in [6, 6.07) is 31.0. The number of hydrogen-bond donors (Lipinski definition) is 1. The fourth-order valence-electron chi connectivity index (χ4n) is 3.39. The minimum atomic E-state index is -3.95.